The second-order valence-corrected chi connectivity index (χ2v) is 9.91. The van der Waals surface area contributed by atoms with E-state index in [-0.39, 0.29) is 32.0 Å². The maximum atomic E-state index is 12.6. The van der Waals surface area contributed by atoms with Crippen LogP contribution >= 0.6 is 0 Å². The van der Waals surface area contributed by atoms with Gasteiger partial charge in [0.05, 0.1) is 6.10 Å². The van der Waals surface area contributed by atoms with Gasteiger partial charge in [-0.1, -0.05) is 60.7 Å². The summed E-state index contributed by atoms with van der Waals surface area (Å²) in [6.45, 7) is -0.370. The fourth-order valence-corrected chi connectivity index (χ4v) is 5.50. The van der Waals surface area contributed by atoms with Crippen LogP contribution < -0.4 is 0 Å². The Morgan fingerprint density at radius 3 is 1.97 bits per heavy atom. The van der Waals surface area contributed by atoms with Crippen LogP contribution in [-0.4, -0.2) is 48.8 Å². The molecule has 0 spiro atoms. The summed E-state index contributed by atoms with van der Waals surface area (Å²) in [6.07, 6.45) is 4.17. The maximum absolute atomic E-state index is 12.6. The lowest BCUT2D eigenvalue weighted by atomic mass is 9.73. The van der Waals surface area contributed by atoms with Gasteiger partial charge in [-0.3, -0.25) is 19.2 Å². The van der Waals surface area contributed by atoms with E-state index >= 15 is 0 Å². The standard InChI is InChI=1S/C30H30O8/c31-24(15-7-13-20-9-3-1-4-10-20)35-18-22-17-23-26-27(29(34)37-28(26)33)30(22,38-23)19-36-25(32)16-8-14-21-11-5-2-6-12-21/h1-6,9-12,17,23,26-27H,7-8,13-16,18-19H2/t23-,26-,27+,30+/m1/s1. The van der Waals surface area contributed by atoms with E-state index in [1.807, 2.05) is 60.7 Å². The van der Waals surface area contributed by atoms with Crippen LogP contribution in [-0.2, 0) is 51.0 Å². The predicted molar refractivity (Wildman–Crippen MR) is 134 cm³/mol. The molecular weight excluding hydrogens is 488 g/mol. The van der Waals surface area contributed by atoms with Crippen LogP contribution in [0.2, 0.25) is 0 Å². The van der Waals surface area contributed by atoms with Crippen molar-refractivity contribution >= 4 is 23.9 Å². The Balaban J connectivity index is 1.17. The number of aryl methyl sites for hydroxylation is 2. The Morgan fingerprint density at radius 1 is 0.789 bits per heavy atom. The maximum Gasteiger partial charge on any atom is 0.321 e. The van der Waals surface area contributed by atoms with E-state index in [4.69, 9.17) is 18.9 Å². The summed E-state index contributed by atoms with van der Waals surface area (Å²) in [5.74, 6) is -3.88. The van der Waals surface area contributed by atoms with Crippen molar-refractivity contribution in [3.8, 4) is 0 Å². The van der Waals surface area contributed by atoms with Gasteiger partial charge in [0.2, 0.25) is 0 Å². The molecule has 198 valence electrons. The van der Waals surface area contributed by atoms with Crippen molar-refractivity contribution in [1.29, 1.82) is 0 Å². The summed E-state index contributed by atoms with van der Waals surface area (Å²) >= 11 is 0. The molecule has 2 bridgehead atoms. The van der Waals surface area contributed by atoms with Crippen LogP contribution in [0.5, 0.6) is 0 Å². The second kappa shape index (κ2) is 11.3. The number of esters is 4. The predicted octanol–water partition coefficient (Wildman–Crippen LogP) is 3.51. The molecule has 5 rings (SSSR count). The quantitative estimate of drug-likeness (QED) is 0.182. The average molecular weight is 519 g/mol. The molecule has 8 heteroatoms. The van der Waals surface area contributed by atoms with Crippen LogP contribution in [0.1, 0.15) is 36.8 Å². The highest BCUT2D eigenvalue weighted by atomic mass is 16.6. The van der Waals surface area contributed by atoms with E-state index < -0.39 is 41.4 Å². The first-order chi connectivity index (χ1) is 18.5. The van der Waals surface area contributed by atoms with E-state index in [0.717, 1.165) is 24.0 Å². The number of benzene rings is 2. The fraction of sp³-hybridized carbons (Fsp3) is 0.400. The molecule has 4 atom stereocenters. The molecule has 0 amide bonds. The number of fused-ring (bicyclic) bond motifs is 5. The summed E-state index contributed by atoms with van der Waals surface area (Å²) in [5.41, 5.74) is 1.41. The minimum Gasteiger partial charge on any atom is -0.462 e. The minimum absolute atomic E-state index is 0.114. The van der Waals surface area contributed by atoms with Crippen LogP contribution in [0.4, 0.5) is 0 Å². The van der Waals surface area contributed by atoms with E-state index in [9.17, 15) is 19.2 Å². The largest absolute Gasteiger partial charge is 0.462 e. The highest BCUT2D eigenvalue weighted by molar-refractivity contribution is 5.99. The first-order valence-electron chi connectivity index (χ1n) is 13.0. The van der Waals surface area contributed by atoms with Crippen molar-refractivity contribution in [2.45, 2.75) is 50.2 Å². The third-order valence-electron chi connectivity index (χ3n) is 7.41. The molecule has 2 saturated heterocycles. The van der Waals surface area contributed by atoms with E-state index in [0.29, 0.717) is 18.4 Å². The van der Waals surface area contributed by atoms with Crippen molar-refractivity contribution in [2.24, 2.45) is 11.8 Å². The summed E-state index contributed by atoms with van der Waals surface area (Å²) in [4.78, 5) is 49.8. The summed E-state index contributed by atoms with van der Waals surface area (Å²) in [5, 5.41) is 0. The Labute approximate surface area is 220 Å². The van der Waals surface area contributed by atoms with E-state index in [2.05, 4.69) is 0 Å². The Bertz CT molecular complexity index is 1220. The van der Waals surface area contributed by atoms with Gasteiger partial charge >= 0.3 is 23.9 Å². The zero-order valence-corrected chi connectivity index (χ0v) is 21.0. The fourth-order valence-electron chi connectivity index (χ4n) is 5.50. The molecule has 0 unspecified atom stereocenters. The van der Waals surface area contributed by atoms with Crippen molar-refractivity contribution < 1.29 is 38.1 Å². The first-order valence-corrected chi connectivity index (χ1v) is 13.0. The third-order valence-corrected chi connectivity index (χ3v) is 7.41. The summed E-state index contributed by atoms with van der Waals surface area (Å²) in [6, 6.07) is 19.7. The average Bonchev–Trinajstić information content (AvgIpc) is 3.56. The molecule has 2 aromatic rings. The molecule has 0 radical (unpaired) electrons. The molecular formula is C30H30O8. The van der Waals surface area contributed by atoms with Gasteiger partial charge in [-0.05, 0) is 42.9 Å². The lowest BCUT2D eigenvalue weighted by Crippen LogP contribution is -2.47. The number of rotatable bonds is 12. The summed E-state index contributed by atoms with van der Waals surface area (Å²) < 4.78 is 22.0. The van der Waals surface area contributed by atoms with Gasteiger partial charge in [0.15, 0.2) is 0 Å². The molecule has 0 aromatic heterocycles. The molecule has 0 saturated carbocycles. The zero-order valence-electron chi connectivity index (χ0n) is 21.0. The zero-order chi connectivity index (χ0) is 26.5. The summed E-state index contributed by atoms with van der Waals surface area (Å²) in [7, 11) is 0. The van der Waals surface area contributed by atoms with Gasteiger partial charge in [0.1, 0.15) is 30.7 Å². The molecule has 0 N–H and O–H groups in total. The van der Waals surface area contributed by atoms with Crippen molar-refractivity contribution in [3.05, 3.63) is 83.4 Å². The molecule has 2 fully saturated rings. The number of hydrogen-bond donors (Lipinski definition) is 0. The Kier molecular flexibility index (Phi) is 7.69. The number of ether oxygens (including phenoxy) is 4. The van der Waals surface area contributed by atoms with Gasteiger partial charge in [-0.25, -0.2) is 0 Å². The third kappa shape index (κ3) is 5.41. The first kappa shape index (κ1) is 25.9. The van der Waals surface area contributed by atoms with Crippen LogP contribution in [0.15, 0.2) is 72.3 Å². The molecule has 2 aromatic carbocycles. The van der Waals surface area contributed by atoms with E-state index in [1.54, 1.807) is 6.08 Å². The molecule has 38 heavy (non-hydrogen) atoms. The number of carbonyl (C=O) groups excluding carboxylic acids is 4. The highest BCUT2D eigenvalue weighted by Crippen LogP contribution is 2.54. The second-order valence-electron chi connectivity index (χ2n) is 9.91. The molecule has 3 aliphatic rings. The minimum atomic E-state index is -1.38. The van der Waals surface area contributed by atoms with E-state index in [1.165, 1.54) is 0 Å². The number of cyclic esters (lactones) is 2. The van der Waals surface area contributed by atoms with Crippen LogP contribution in [0, 0.1) is 11.8 Å². The van der Waals surface area contributed by atoms with Gasteiger partial charge in [0.25, 0.3) is 0 Å². The van der Waals surface area contributed by atoms with Crippen molar-refractivity contribution in [1.82, 2.24) is 0 Å². The Morgan fingerprint density at radius 2 is 1.37 bits per heavy atom. The SMILES string of the molecule is O=C(CCCc1ccccc1)OCC1=C[C@H]2O[C@]1(COC(=O)CCCc1ccccc1)[C@@H]1C(=O)OC(=O)[C@@H]12. The molecule has 3 aliphatic heterocycles. The normalized spacial score (nSPS) is 25.1. The number of carbonyl (C=O) groups is 4. The Hall–Kier alpha value is -3.78. The molecule has 8 nitrogen and oxygen atoms in total. The topological polar surface area (TPSA) is 105 Å². The van der Waals surface area contributed by atoms with Crippen LogP contribution in [0.3, 0.4) is 0 Å². The molecule has 0 aliphatic carbocycles. The van der Waals surface area contributed by atoms with Gasteiger partial charge in [0, 0.05) is 18.4 Å². The smallest absolute Gasteiger partial charge is 0.321 e. The van der Waals surface area contributed by atoms with Gasteiger partial charge < -0.3 is 18.9 Å². The van der Waals surface area contributed by atoms with Crippen LogP contribution in [0.25, 0.3) is 0 Å². The van der Waals surface area contributed by atoms with Crippen molar-refractivity contribution in [2.75, 3.05) is 13.2 Å². The van der Waals surface area contributed by atoms with Gasteiger partial charge in [-0.2, -0.15) is 0 Å². The lowest BCUT2D eigenvalue weighted by molar-refractivity contribution is -0.165. The highest BCUT2D eigenvalue weighted by Gasteiger charge is 2.70. The molecule has 3 heterocycles. The lowest BCUT2D eigenvalue weighted by Gasteiger charge is -2.32. The number of hydrogen-bond acceptors (Lipinski definition) is 8. The van der Waals surface area contributed by atoms with Gasteiger partial charge in [-0.15, -0.1) is 0 Å². The van der Waals surface area contributed by atoms with Crippen molar-refractivity contribution in [3.63, 3.8) is 0 Å². The monoisotopic (exact) mass is 518 g/mol.